The molecule has 1 aromatic rings. The lowest BCUT2D eigenvalue weighted by atomic mass is 10.3. The molecule has 0 bridgehead atoms. The predicted octanol–water partition coefficient (Wildman–Crippen LogP) is 1.70. The molecule has 2 rings (SSSR count). The zero-order chi connectivity index (χ0) is 9.26. The Hall–Kier alpha value is -0.770. The van der Waals surface area contributed by atoms with Gasteiger partial charge in [0.15, 0.2) is 0 Å². The number of rotatable bonds is 2. The second kappa shape index (κ2) is 3.54. The molecule has 1 heterocycles. The lowest BCUT2D eigenvalue weighted by Gasteiger charge is -2.05. The number of thioether (sulfide) groups is 1. The van der Waals surface area contributed by atoms with E-state index in [1.165, 1.54) is 17.7 Å². The van der Waals surface area contributed by atoms with Gasteiger partial charge in [0.25, 0.3) is 0 Å². The summed E-state index contributed by atoms with van der Waals surface area (Å²) in [4.78, 5) is 8.64. The van der Waals surface area contributed by atoms with Crippen LogP contribution in [0.4, 0.5) is 0 Å². The van der Waals surface area contributed by atoms with Gasteiger partial charge >= 0.3 is 6.01 Å². The van der Waals surface area contributed by atoms with Crippen LogP contribution in [-0.2, 0) is 12.8 Å². The lowest BCUT2D eigenvalue weighted by Crippen LogP contribution is -1.99. The van der Waals surface area contributed by atoms with E-state index in [1.807, 2.05) is 6.26 Å². The second-order valence-electron chi connectivity index (χ2n) is 3.00. The van der Waals surface area contributed by atoms with Gasteiger partial charge in [0.05, 0.1) is 12.8 Å². The molecule has 0 saturated heterocycles. The van der Waals surface area contributed by atoms with Gasteiger partial charge in [0.1, 0.15) is 5.03 Å². The average molecular weight is 196 g/mol. The molecule has 0 unspecified atom stereocenters. The molecule has 0 amide bonds. The molecular weight excluding hydrogens is 184 g/mol. The van der Waals surface area contributed by atoms with Gasteiger partial charge in [-0.3, -0.25) is 0 Å². The van der Waals surface area contributed by atoms with Crippen LogP contribution >= 0.6 is 11.8 Å². The number of hydrogen-bond donors (Lipinski definition) is 0. The molecule has 0 saturated carbocycles. The number of ether oxygens (including phenoxy) is 1. The quantitative estimate of drug-likeness (QED) is 0.532. The molecule has 0 spiro atoms. The van der Waals surface area contributed by atoms with Gasteiger partial charge in [-0.1, -0.05) is 0 Å². The maximum absolute atomic E-state index is 5.05. The van der Waals surface area contributed by atoms with Crippen molar-refractivity contribution in [2.45, 2.75) is 24.3 Å². The van der Waals surface area contributed by atoms with Gasteiger partial charge in [0, 0.05) is 5.56 Å². The molecule has 0 atom stereocenters. The molecule has 0 N–H and O–H groups in total. The molecule has 0 radical (unpaired) electrons. The maximum Gasteiger partial charge on any atom is 0.317 e. The third kappa shape index (κ3) is 1.50. The van der Waals surface area contributed by atoms with Crippen molar-refractivity contribution >= 4 is 11.8 Å². The van der Waals surface area contributed by atoms with Crippen molar-refractivity contribution in [1.29, 1.82) is 0 Å². The highest BCUT2D eigenvalue weighted by Crippen LogP contribution is 2.29. The van der Waals surface area contributed by atoms with Crippen molar-refractivity contribution in [2.75, 3.05) is 13.4 Å². The van der Waals surface area contributed by atoms with E-state index in [0.717, 1.165) is 17.9 Å². The summed E-state index contributed by atoms with van der Waals surface area (Å²) in [5, 5.41) is 1.08. The summed E-state index contributed by atoms with van der Waals surface area (Å²) in [6.07, 6.45) is 5.43. The fourth-order valence-electron chi connectivity index (χ4n) is 1.64. The number of nitrogens with zero attached hydrogens (tertiary/aromatic N) is 2. The lowest BCUT2D eigenvalue weighted by molar-refractivity contribution is 0.374. The minimum Gasteiger partial charge on any atom is -0.467 e. The van der Waals surface area contributed by atoms with Crippen LogP contribution in [-0.4, -0.2) is 23.3 Å². The highest BCUT2D eigenvalue weighted by atomic mass is 32.2. The van der Waals surface area contributed by atoms with Crippen molar-refractivity contribution < 1.29 is 4.74 Å². The van der Waals surface area contributed by atoms with Crippen molar-refractivity contribution in [3.8, 4) is 6.01 Å². The largest absolute Gasteiger partial charge is 0.467 e. The van der Waals surface area contributed by atoms with Gasteiger partial charge < -0.3 is 4.74 Å². The average Bonchev–Trinajstić information content (AvgIpc) is 2.63. The number of hydrogen-bond acceptors (Lipinski definition) is 4. The van der Waals surface area contributed by atoms with E-state index in [0.29, 0.717) is 6.01 Å². The Morgan fingerprint density at radius 3 is 2.85 bits per heavy atom. The Balaban J connectivity index is 2.49. The molecule has 13 heavy (non-hydrogen) atoms. The van der Waals surface area contributed by atoms with Gasteiger partial charge in [-0.15, -0.1) is 11.8 Å². The van der Waals surface area contributed by atoms with Gasteiger partial charge in [0.2, 0.25) is 0 Å². The van der Waals surface area contributed by atoms with Crippen LogP contribution in [0.3, 0.4) is 0 Å². The number of methoxy groups -OCH3 is 1. The molecule has 1 aromatic heterocycles. The van der Waals surface area contributed by atoms with Crippen molar-refractivity contribution in [2.24, 2.45) is 0 Å². The Morgan fingerprint density at radius 2 is 2.15 bits per heavy atom. The first-order valence-corrected chi connectivity index (χ1v) is 5.55. The minimum atomic E-state index is 0.505. The minimum absolute atomic E-state index is 0.505. The van der Waals surface area contributed by atoms with Gasteiger partial charge in [-0.25, -0.2) is 0 Å². The van der Waals surface area contributed by atoms with E-state index in [2.05, 4.69) is 9.97 Å². The standard InChI is InChI=1S/C9H12N2OS/c1-12-9-10-7-5-3-4-6(7)8(11-9)13-2/h3-5H2,1-2H3. The second-order valence-corrected chi connectivity index (χ2v) is 3.79. The first-order chi connectivity index (χ1) is 6.35. The summed E-state index contributed by atoms with van der Waals surface area (Å²) in [6.45, 7) is 0. The molecule has 0 aliphatic heterocycles. The molecular formula is C9H12N2OS. The van der Waals surface area contributed by atoms with Gasteiger partial charge in [-0.05, 0) is 25.5 Å². The maximum atomic E-state index is 5.05. The van der Waals surface area contributed by atoms with Crippen LogP contribution in [0.2, 0.25) is 0 Å². The summed E-state index contributed by atoms with van der Waals surface area (Å²) >= 11 is 1.67. The molecule has 1 aliphatic carbocycles. The summed E-state index contributed by atoms with van der Waals surface area (Å²) in [6, 6.07) is 0.505. The molecule has 0 aromatic carbocycles. The predicted molar refractivity (Wildman–Crippen MR) is 52.4 cm³/mol. The summed E-state index contributed by atoms with van der Waals surface area (Å²) in [7, 11) is 1.61. The Bertz CT molecular complexity index is 328. The van der Waals surface area contributed by atoms with E-state index in [4.69, 9.17) is 4.74 Å². The molecule has 70 valence electrons. The van der Waals surface area contributed by atoms with Crippen LogP contribution in [0.1, 0.15) is 17.7 Å². The van der Waals surface area contributed by atoms with Crippen LogP contribution in [0, 0.1) is 0 Å². The molecule has 4 heteroatoms. The third-order valence-corrected chi connectivity index (χ3v) is 2.97. The van der Waals surface area contributed by atoms with Crippen molar-refractivity contribution in [1.82, 2.24) is 9.97 Å². The zero-order valence-corrected chi connectivity index (χ0v) is 8.65. The van der Waals surface area contributed by atoms with E-state index in [9.17, 15) is 0 Å². The fourth-order valence-corrected chi connectivity index (χ4v) is 2.27. The number of aryl methyl sites for hydroxylation is 1. The van der Waals surface area contributed by atoms with Crippen LogP contribution < -0.4 is 4.74 Å². The van der Waals surface area contributed by atoms with Crippen molar-refractivity contribution in [3.63, 3.8) is 0 Å². The van der Waals surface area contributed by atoms with Gasteiger partial charge in [-0.2, -0.15) is 9.97 Å². The smallest absolute Gasteiger partial charge is 0.317 e. The van der Waals surface area contributed by atoms with E-state index >= 15 is 0 Å². The highest BCUT2D eigenvalue weighted by Gasteiger charge is 2.18. The summed E-state index contributed by atoms with van der Waals surface area (Å²) in [5.74, 6) is 0. The summed E-state index contributed by atoms with van der Waals surface area (Å²) < 4.78 is 5.05. The van der Waals surface area contributed by atoms with Crippen LogP contribution in [0.5, 0.6) is 6.01 Å². The molecule has 1 aliphatic rings. The molecule has 3 nitrogen and oxygen atoms in total. The zero-order valence-electron chi connectivity index (χ0n) is 7.83. The Morgan fingerprint density at radius 1 is 1.31 bits per heavy atom. The first kappa shape index (κ1) is 8.81. The van der Waals surface area contributed by atoms with E-state index in [-0.39, 0.29) is 0 Å². The Labute approximate surface area is 81.9 Å². The highest BCUT2D eigenvalue weighted by molar-refractivity contribution is 7.98. The number of aromatic nitrogens is 2. The van der Waals surface area contributed by atoms with E-state index in [1.54, 1.807) is 18.9 Å². The monoisotopic (exact) mass is 196 g/mol. The number of fused-ring (bicyclic) bond motifs is 1. The third-order valence-electron chi connectivity index (χ3n) is 2.25. The SMILES string of the molecule is COc1nc2c(c(SC)n1)CCC2. The Kier molecular flexibility index (Phi) is 2.40. The van der Waals surface area contributed by atoms with Crippen molar-refractivity contribution in [3.05, 3.63) is 11.3 Å². The summed E-state index contributed by atoms with van der Waals surface area (Å²) in [5.41, 5.74) is 2.50. The topological polar surface area (TPSA) is 35.0 Å². The van der Waals surface area contributed by atoms with Crippen LogP contribution in [0.25, 0.3) is 0 Å². The fraction of sp³-hybridized carbons (Fsp3) is 0.556. The van der Waals surface area contributed by atoms with Crippen LogP contribution in [0.15, 0.2) is 5.03 Å². The molecule has 0 fully saturated rings. The first-order valence-electron chi connectivity index (χ1n) is 4.33. The normalized spacial score (nSPS) is 14.3. The van der Waals surface area contributed by atoms with E-state index < -0.39 is 0 Å².